The molecule has 0 saturated heterocycles. The minimum atomic E-state index is 0.365. The van der Waals surface area contributed by atoms with Gasteiger partial charge in [-0.05, 0) is 83.9 Å². The van der Waals surface area contributed by atoms with Crippen LogP contribution in [0.1, 0.15) is 13.8 Å². The Morgan fingerprint density at radius 2 is 0.852 bits per heavy atom. The van der Waals surface area contributed by atoms with Crippen LogP contribution in [0.2, 0.25) is 0 Å². The molecule has 8 nitrogen and oxygen atoms in total. The highest BCUT2D eigenvalue weighted by Crippen LogP contribution is 2.43. The topological polar surface area (TPSA) is 78.9 Å². The number of aromatic amines is 1. The van der Waals surface area contributed by atoms with Crippen molar-refractivity contribution in [2.24, 2.45) is 5.92 Å². The minimum Gasteiger partial charge on any atom is -0.311 e. The van der Waals surface area contributed by atoms with Gasteiger partial charge in [-0.25, -0.2) is 0 Å². The number of para-hydroxylation sites is 4. The van der Waals surface area contributed by atoms with Crippen LogP contribution in [0.4, 0.5) is 34.1 Å². The monoisotopic (exact) mass is 702 g/mol. The van der Waals surface area contributed by atoms with Crippen molar-refractivity contribution in [3.8, 4) is 22.3 Å². The van der Waals surface area contributed by atoms with Gasteiger partial charge in [0, 0.05) is 62.2 Å². The highest BCUT2D eigenvalue weighted by molar-refractivity contribution is 6.16. The number of nitrogens with zero attached hydrogens (tertiary/aromatic N) is 7. The summed E-state index contributed by atoms with van der Waals surface area (Å²) in [5.74, 6) is 0.365. The second-order valence-electron chi connectivity index (χ2n) is 13.7. The van der Waals surface area contributed by atoms with Gasteiger partial charge in [0.15, 0.2) is 6.54 Å². The predicted molar refractivity (Wildman–Crippen MR) is 218 cm³/mol. The van der Waals surface area contributed by atoms with E-state index in [4.69, 9.17) is 20.4 Å². The molecule has 0 radical (unpaired) electrons. The highest BCUT2D eigenvalue weighted by atomic mass is 15.5. The summed E-state index contributed by atoms with van der Waals surface area (Å²) in [6, 6.07) is 58.9. The van der Waals surface area contributed by atoms with Gasteiger partial charge in [-0.2, -0.15) is 30.4 Å². The van der Waals surface area contributed by atoms with Crippen molar-refractivity contribution in [2.75, 3.05) is 9.80 Å². The summed E-state index contributed by atoms with van der Waals surface area (Å²) in [5.41, 5.74) is 13.3. The van der Waals surface area contributed by atoms with E-state index in [9.17, 15) is 0 Å². The summed E-state index contributed by atoms with van der Waals surface area (Å²) in [6.07, 6.45) is 0. The third-order valence-corrected chi connectivity index (χ3v) is 9.56. The van der Waals surface area contributed by atoms with Gasteiger partial charge in [-0.3, -0.25) is 0 Å². The van der Waals surface area contributed by atoms with E-state index in [0.717, 1.165) is 78.4 Å². The molecule has 2 heterocycles. The van der Waals surface area contributed by atoms with Crippen LogP contribution in [0.5, 0.6) is 0 Å². The van der Waals surface area contributed by atoms with Crippen molar-refractivity contribution in [2.45, 2.75) is 20.4 Å². The Morgan fingerprint density at radius 1 is 0.481 bits per heavy atom. The lowest BCUT2D eigenvalue weighted by atomic mass is 9.95. The molecule has 0 aliphatic carbocycles. The Hall–Kier alpha value is -7.06. The number of hydrogen-bond acceptors (Lipinski definition) is 5. The zero-order valence-corrected chi connectivity index (χ0v) is 30.1. The maximum Gasteiger partial charge on any atom is 0.165 e. The summed E-state index contributed by atoms with van der Waals surface area (Å²) in [5, 5.41) is 22.7. The zero-order chi connectivity index (χ0) is 36.4. The van der Waals surface area contributed by atoms with Gasteiger partial charge in [0.05, 0.1) is 0 Å². The number of benzene rings is 7. The van der Waals surface area contributed by atoms with E-state index in [1.807, 2.05) is 29.1 Å². The molecule has 0 saturated carbocycles. The molecule has 0 spiro atoms. The maximum absolute atomic E-state index is 5.13. The van der Waals surface area contributed by atoms with Crippen LogP contribution in [0.3, 0.4) is 0 Å². The van der Waals surface area contributed by atoms with Gasteiger partial charge in [-0.1, -0.05) is 111 Å². The normalized spacial score (nSPS) is 11.4. The van der Waals surface area contributed by atoms with Crippen molar-refractivity contribution in [1.29, 1.82) is 0 Å². The van der Waals surface area contributed by atoms with E-state index in [1.165, 1.54) is 0 Å². The Labute approximate surface area is 313 Å². The summed E-state index contributed by atoms with van der Waals surface area (Å²) in [4.78, 5) is 6.34. The summed E-state index contributed by atoms with van der Waals surface area (Å²) >= 11 is 0. The minimum absolute atomic E-state index is 0.365. The number of nitrogens with one attached hydrogen (secondary N) is 1. The number of H-pyrrole nitrogens is 1. The van der Waals surface area contributed by atoms with Crippen molar-refractivity contribution >= 4 is 56.2 Å². The van der Waals surface area contributed by atoms with E-state index in [0.29, 0.717) is 12.5 Å². The molecular formula is C46H38N8. The number of aromatic nitrogens is 6. The van der Waals surface area contributed by atoms with Crippen LogP contribution in [0.15, 0.2) is 170 Å². The molecule has 2 aromatic heterocycles. The van der Waals surface area contributed by atoms with Gasteiger partial charge in [-0.15, -0.1) is 0 Å². The zero-order valence-electron chi connectivity index (χ0n) is 30.1. The smallest absolute Gasteiger partial charge is 0.165 e. The van der Waals surface area contributed by atoms with Crippen LogP contribution in [-0.4, -0.2) is 20.5 Å². The lowest BCUT2D eigenvalue weighted by Crippen LogP contribution is -2.42. The van der Waals surface area contributed by atoms with E-state index in [2.05, 4.69) is 174 Å². The van der Waals surface area contributed by atoms with Gasteiger partial charge in [0.25, 0.3) is 0 Å². The van der Waals surface area contributed by atoms with E-state index in [-0.39, 0.29) is 0 Å². The van der Waals surface area contributed by atoms with E-state index in [1.54, 1.807) is 0 Å². The Kier molecular flexibility index (Phi) is 8.61. The molecule has 262 valence electrons. The molecule has 54 heavy (non-hydrogen) atoms. The van der Waals surface area contributed by atoms with E-state index >= 15 is 0 Å². The Morgan fingerprint density at radius 3 is 1.26 bits per heavy atom. The fraction of sp³-hybridized carbons (Fsp3) is 0.0870. The SMILES string of the molecule is CC(C)C[n+]1nc2c(-c3ccc(N(c4ccccc4)c4ccccc4)cc3)c3n[nH]nc3c(-c3ccc(N(c4ccccc4)c4ccccc4)cc3)c2[n-]1. The number of rotatable bonds is 10. The molecular weight excluding hydrogens is 665 g/mol. The van der Waals surface area contributed by atoms with Gasteiger partial charge in [0.2, 0.25) is 0 Å². The molecule has 0 aliphatic heterocycles. The molecule has 0 atom stereocenters. The second kappa shape index (κ2) is 14.2. The van der Waals surface area contributed by atoms with Crippen LogP contribution in [0, 0.1) is 5.92 Å². The first-order chi connectivity index (χ1) is 26.6. The summed E-state index contributed by atoms with van der Waals surface area (Å²) < 4.78 is 0. The van der Waals surface area contributed by atoms with Crippen LogP contribution < -0.4 is 19.7 Å². The molecule has 1 N–H and O–H groups in total. The molecule has 0 fully saturated rings. The number of anilines is 6. The quantitative estimate of drug-likeness (QED) is 0.143. The molecule has 0 aliphatic rings. The van der Waals surface area contributed by atoms with Crippen molar-refractivity contribution < 1.29 is 4.80 Å². The molecule has 9 rings (SSSR count). The lowest BCUT2D eigenvalue weighted by Gasteiger charge is -2.25. The van der Waals surface area contributed by atoms with Crippen molar-refractivity contribution in [1.82, 2.24) is 25.6 Å². The number of fused-ring (bicyclic) bond motifs is 2. The first kappa shape index (κ1) is 32.8. The van der Waals surface area contributed by atoms with Crippen LogP contribution in [-0.2, 0) is 6.54 Å². The molecule has 9 aromatic rings. The first-order valence-electron chi connectivity index (χ1n) is 18.2. The average Bonchev–Trinajstić information content (AvgIpc) is 3.87. The maximum atomic E-state index is 5.13. The lowest BCUT2D eigenvalue weighted by molar-refractivity contribution is -0.808. The third-order valence-electron chi connectivity index (χ3n) is 9.56. The second-order valence-corrected chi connectivity index (χ2v) is 13.7. The van der Waals surface area contributed by atoms with Gasteiger partial charge in [0.1, 0.15) is 11.0 Å². The molecule has 8 heteroatoms. The van der Waals surface area contributed by atoms with Crippen LogP contribution >= 0.6 is 0 Å². The molecule has 7 aromatic carbocycles. The average molecular weight is 703 g/mol. The third kappa shape index (κ3) is 6.13. The van der Waals surface area contributed by atoms with Gasteiger partial charge >= 0.3 is 0 Å². The standard InChI is InChI=1S/C46H38N8/c1-32(2)31-52-49-45-41(33-23-27-39(28-24-33)53(35-15-7-3-8-16-35)36-17-9-4-10-18-36)43-44(48-51-47-43)42(46(45)50-52)34-25-29-40(30-26-34)54(37-19-11-5-12-20-37)38-21-13-6-14-22-38/h3-30,32H,31H2,1-2H3,(H,47,48,51). The first-order valence-corrected chi connectivity index (χ1v) is 18.2. The van der Waals surface area contributed by atoms with Crippen LogP contribution in [0.25, 0.3) is 44.3 Å². The predicted octanol–water partition coefficient (Wildman–Crippen LogP) is 10.7. The molecule has 0 bridgehead atoms. The van der Waals surface area contributed by atoms with Crippen molar-refractivity contribution in [3.05, 3.63) is 170 Å². The fourth-order valence-electron chi connectivity index (χ4n) is 7.20. The molecule has 0 unspecified atom stereocenters. The van der Waals surface area contributed by atoms with Gasteiger partial charge < -0.3 is 9.80 Å². The number of hydrogen-bond donors (Lipinski definition) is 1. The largest absolute Gasteiger partial charge is 0.311 e. The fourth-order valence-corrected chi connectivity index (χ4v) is 7.20. The summed E-state index contributed by atoms with van der Waals surface area (Å²) in [6.45, 7) is 5.05. The van der Waals surface area contributed by atoms with E-state index < -0.39 is 0 Å². The summed E-state index contributed by atoms with van der Waals surface area (Å²) in [7, 11) is 0. The molecule has 0 amide bonds. The van der Waals surface area contributed by atoms with Crippen molar-refractivity contribution in [3.63, 3.8) is 0 Å². The Balaban J connectivity index is 1.17. The Bertz CT molecular complexity index is 2380. The highest BCUT2D eigenvalue weighted by Gasteiger charge is 2.23.